The van der Waals surface area contributed by atoms with E-state index in [0.29, 0.717) is 0 Å². The van der Waals surface area contributed by atoms with Crippen molar-refractivity contribution in [3.8, 4) is 35.5 Å². The third-order valence-corrected chi connectivity index (χ3v) is 0.878. The van der Waals surface area contributed by atoms with Crippen LogP contribution in [0.1, 0.15) is 13.3 Å². The summed E-state index contributed by atoms with van der Waals surface area (Å²) in [4.78, 5) is 10.0. The molecule has 0 radical (unpaired) electrons. The van der Waals surface area contributed by atoms with E-state index in [9.17, 15) is 4.79 Å². The van der Waals surface area contributed by atoms with Crippen LogP contribution < -0.4 is 0 Å². The summed E-state index contributed by atoms with van der Waals surface area (Å²) < 4.78 is 0. The van der Waals surface area contributed by atoms with E-state index >= 15 is 0 Å². The zero-order chi connectivity index (χ0) is 9.94. The van der Waals surface area contributed by atoms with Gasteiger partial charge in [0.05, 0.1) is 6.42 Å². The molecule has 0 aliphatic carbocycles. The van der Waals surface area contributed by atoms with Crippen molar-refractivity contribution >= 4 is 5.97 Å². The molecule has 0 amide bonds. The maximum absolute atomic E-state index is 10.0. The Morgan fingerprint density at radius 3 is 2.62 bits per heavy atom. The van der Waals surface area contributed by atoms with Gasteiger partial charge in [0.15, 0.2) is 0 Å². The van der Waals surface area contributed by atoms with Gasteiger partial charge in [0.25, 0.3) is 0 Å². The minimum atomic E-state index is -0.874. The average Bonchev–Trinajstić information content (AvgIpc) is 2.09. The van der Waals surface area contributed by atoms with Crippen molar-refractivity contribution in [3.05, 3.63) is 12.2 Å². The number of aliphatic carboxylic acids is 1. The Morgan fingerprint density at radius 2 is 2.00 bits per heavy atom. The van der Waals surface area contributed by atoms with E-state index < -0.39 is 5.97 Å². The SMILES string of the molecule is CC#CC#CC#C/C=C/CC(=O)O. The van der Waals surface area contributed by atoms with Crippen LogP contribution in [-0.2, 0) is 4.79 Å². The van der Waals surface area contributed by atoms with Gasteiger partial charge in [-0.2, -0.15) is 0 Å². The first-order chi connectivity index (χ1) is 6.27. The lowest BCUT2D eigenvalue weighted by molar-refractivity contribution is -0.135. The third-order valence-electron chi connectivity index (χ3n) is 0.878. The minimum Gasteiger partial charge on any atom is -0.481 e. The molecule has 2 heteroatoms. The Bertz CT molecular complexity index is 370. The lowest BCUT2D eigenvalue weighted by Gasteiger charge is -1.77. The van der Waals surface area contributed by atoms with Gasteiger partial charge in [0.1, 0.15) is 0 Å². The Morgan fingerprint density at radius 1 is 1.31 bits per heavy atom. The highest BCUT2D eigenvalue weighted by molar-refractivity contribution is 5.68. The lowest BCUT2D eigenvalue weighted by Crippen LogP contribution is -1.89. The predicted molar refractivity (Wildman–Crippen MR) is 50.4 cm³/mol. The van der Waals surface area contributed by atoms with Crippen LogP contribution in [0.3, 0.4) is 0 Å². The fraction of sp³-hybridized carbons (Fsp3) is 0.182. The molecule has 0 saturated carbocycles. The largest absolute Gasteiger partial charge is 0.481 e. The molecule has 0 bridgehead atoms. The van der Waals surface area contributed by atoms with E-state index in [0.717, 1.165) is 0 Å². The highest BCUT2D eigenvalue weighted by atomic mass is 16.4. The first kappa shape index (κ1) is 10.9. The Hall–Kier alpha value is -2.11. The van der Waals surface area contributed by atoms with Gasteiger partial charge in [0.2, 0.25) is 0 Å². The average molecular weight is 172 g/mol. The zero-order valence-corrected chi connectivity index (χ0v) is 7.22. The molecule has 0 aromatic carbocycles. The number of hydrogen-bond acceptors (Lipinski definition) is 1. The van der Waals surface area contributed by atoms with Crippen molar-refractivity contribution < 1.29 is 9.90 Å². The van der Waals surface area contributed by atoms with Gasteiger partial charge in [-0.15, -0.1) is 0 Å². The van der Waals surface area contributed by atoms with Crippen LogP contribution in [0.15, 0.2) is 12.2 Å². The van der Waals surface area contributed by atoms with Crippen LogP contribution in [0.5, 0.6) is 0 Å². The summed E-state index contributed by atoms with van der Waals surface area (Å²) in [6.07, 6.45) is 2.90. The van der Waals surface area contributed by atoms with Gasteiger partial charge in [-0.05, 0) is 36.7 Å². The number of allylic oxidation sites excluding steroid dienone is 1. The number of rotatable bonds is 2. The summed E-state index contributed by atoms with van der Waals surface area (Å²) in [6.45, 7) is 1.69. The Balaban J connectivity index is 3.86. The van der Waals surface area contributed by atoms with E-state index in [1.165, 1.54) is 12.2 Å². The predicted octanol–water partition coefficient (Wildman–Crippen LogP) is 1.05. The van der Waals surface area contributed by atoms with E-state index in [-0.39, 0.29) is 6.42 Å². The van der Waals surface area contributed by atoms with Crippen LogP contribution in [0.2, 0.25) is 0 Å². The normalized spacial score (nSPS) is 7.15. The second-order valence-corrected chi connectivity index (χ2v) is 1.89. The third kappa shape index (κ3) is 9.89. The van der Waals surface area contributed by atoms with E-state index in [1.54, 1.807) is 6.92 Å². The quantitative estimate of drug-likeness (QED) is 0.632. The molecular weight excluding hydrogens is 164 g/mol. The van der Waals surface area contributed by atoms with Crippen molar-refractivity contribution in [1.82, 2.24) is 0 Å². The van der Waals surface area contributed by atoms with E-state index in [4.69, 9.17) is 5.11 Å². The molecule has 1 N–H and O–H groups in total. The molecule has 0 spiro atoms. The molecule has 0 aromatic heterocycles. The van der Waals surface area contributed by atoms with Crippen LogP contribution in [0, 0.1) is 35.5 Å². The molecule has 2 nitrogen and oxygen atoms in total. The van der Waals surface area contributed by atoms with Gasteiger partial charge in [-0.1, -0.05) is 17.9 Å². The second kappa shape index (κ2) is 7.99. The van der Waals surface area contributed by atoms with Gasteiger partial charge in [0, 0.05) is 0 Å². The summed E-state index contributed by atoms with van der Waals surface area (Å²) in [5, 5.41) is 8.24. The number of hydrogen-bond donors (Lipinski definition) is 1. The topological polar surface area (TPSA) is 37.3 Å². The molecule has 0 rings (SSSR count). The highest BCUT2D eigenvalue weighted by Gasteiger charge is 1.86. The maximum atomic E-state index is 10.0. The molecule has 0 aromatic rings. The number of carboxylic acids is 1. The zero-order valence-electron chi connectivity index (χ0n) is 7.22. The summed E-state index contributed by atoms with van der Waals surface area (Å²) in [5.41, 5.74) is 0. The number of carboxylic acid groups (broad SMARTS) is 1. The van der Waals surface area contributed by atoms with Gasteiger partial charge in [-0.25, -0.2) is 0 Å². The van der Waals surface area contributed by atoms with Crippen molar-refractivity contribution in [3.63, 3.8) is 0 Å². The first-order valence-corrected chi connectivity index (χ1v) is 3.56. The summed E-state index contributed by atoms with van der Waals surface area (Å²) in [6, 6.07) is 0. The molecule has 0 heterocycles. The molecule has 0 aliphatic rings. The monoisotopic (exact) mass is 172 g/mol. The highest BCUT2D eigenvalue weighted by Crippen LogP contribution is 1.80. The summed E-state index contributed by atoms with van der Waals surface area (Å²) >= 11 is 0. The maximum Gasteiger partial charge on any atom is 0.307 e. The van der Waals surface area contributed by atoms with Crippen LogP contribution in [0.4, 0.5) is 0 Å². The molecular formula is C11H8O2. The Kier molecular flexibility index (Phi) is 6.69. The second-order valence-electron chi connectivity index (χ2n) is 1.89. The first-order valence-electron chi connectivity index (χ1n) is 3.56. The van der Waals surface area contributed by atoms with E-state index in [1.807, 2.05) is 0 Å². The fourth-order valence-corrected chi connectivity index (χ4v) is 0.421. The molecule has 13 heavy (non-hydrogen) atoms. The minimum absolute atomic E-state index is 0.0170. The van der Waals surface area contributed by atoms with Crippen LogP contribution in [-0.4, -0.2) is 11.1 Å². The molecule has 0 atom stereocenters. The molecule has 0 unspecified atom stereocenters. The lowest BCUT2D eigenvalue weighted by atomic mass is 10.4. The van der Waals surface area contributed by atoms with Crippen molar-refractivity contribution in [2.45, 2.75) is 13.3 Å². The summed E-state index contributed by atoms with van der Waals surface area (Å²) in [7, 11) is 0. The fourth-order valence-electron chi connectivity index (χ4n) is 0.421. The van der Waals surface area contributed by atoms with Crippen molar-refractivity contribution in [1.29, 1.82) is 0 Å². The summed E-state index contributed by atoms with van der Waals surface area (Å²) in [5.74, 6) is 14.3. The van der Waals surface area contributed by atoms with E-state index in [2.05, 4.69) is 35.5 Å². The van der Waals surface area contributed by atoms with Gasteiger partial charge < -0.3 is 5.11 Å². The van der Waals surface area contributed by atoms with Crippen molar-refractivity contribution in [2.75, 3.05) is 0 Å². The molecule has 0 fully saturated rings. The Labute approximate surface area is 77.7 Å². The van der Waals surface area contributed by atoms with Crippen LogP contribution in [0.25, 0.3) is 0 Å². The number of carbonyl (C=O) groups is 1. The van der Waals surface area contributed by atoms with Crippen LogP contribution >= 0.6 is 0 Å². The smallest absolute Gasteiger partial charge is 0.307 e. The molecule has 0 saturated heterocycles. The standard InChI is InChI=1S/C11H8O2/c1-2-3-4-5-6-7-8-9-10-11(12)13/h8-9H,10H2,1H3,(H,12,13)/b9-8+. The molecule has 64 valence electrons. The van der Waals surface area contributed by atoms with Gasteiger partial charge in [-0.3, -0.25) is 4.79 Å². The van der Waals surface area contributed by atoms with Crippen molar-refractivity contribution in [2.24, 2.45) is 0 Å². The molecule has 0 aliphatic heterocycles. The van der Waals surface area contributed by atoms with Gasteiger partial charge >= 0.3 is 5.97 Å².